The summed E-state index contributed by atoms with van der Waals surface area (Å²) in [6.07, 6.45) is 5.56. The van der Waals surface area contributed by atoms with Gasteiger partial charge in [-0.1, -0.05) is 48.0 Å². The van der Waals surface area contributed by atoms with E-state index in [2.05, 4.69) is 55.8 Å². The first kappa shape index (κ1) is 7.81. The Hall–Kier alpha value is -1.56. The Morgan fingerprint density at radius 3 is 2.79 bits per heavy atom. The van der Waals surface area contributed by atoms with Crippen molar-refractivity contribution in [1.82, 2.24) is 0 Å². The lowest BCUT2D eigenvalue weighted by Crippen LogP contribution is -1.82. The predicted molar refractivity (Wildman–Crippen MR) is 59.9 cm³/mol. The minimum atomic E-state index is 1.22. The van der Waals surface area contributed by atoms with E-state index < -0.39 is 0 Å². The normalized spacial score (nSPS) is 14.2. The number of fused-ring (bicyclic) bond motifs is 3. The van der Waals surface area contributed by atoms with Gasteiger partial charge in [-0.25, -0.2) is 0 Å². The standard InChI is InChI=1S/C14H10/c1-10-8-12-7-6-11-4-2-3-5-13(11)14(12)9-10/h2-7,9H,1H3. The third-order valence-corrected chi connectivity index (χ3v) is 2.66. The fourth-order valence-corrected chi connectivity index (χ4v) is 2.03. The first-order chi connectivity index (χ1) is 6.84. The van der Waals surface area contributed by atoms with Crippen LogP contribution >= 0.6 is 0 Å². The van der Waals surface area contributed by atoms with Crippen molar-refractivity contribution < 1.29 is 0 Å². The van der Waals surface area contributed by atoms with Crippen molar-refractivity contribution in [2.45, 2.75) is 6.92 Å². The van der Waals surface area contributed by atoms with Gasteiger partial charge in [-0.15, -0.1) is 0 Å². The van der Waals surface area contributed by atoms with Crippen molar-refractivity contribution in [2.75, 3.05) is 0 Å². The Kier molecular flexibility index (Phi) is 1.51. The van der Waals surface area contributed by atoms with Gasteiger partial charge in [0.15, 0.2) is 0 Å². The van der Waals surface area contributed by atoms with Gasteiger partial charge in [-0.2, -0.15) is 0 Å². The van der Waals surface area contributed by atoms with Gasteiger partial charge in [0.2, 0.25) is 0 Å². The Labute approximate surface area is 83.9 Å². The second-order valence-electron chi connectivity index (χ2n) is 3.70. The van der Waals surface area contributed by atoms with E-state index in [1.54, 1.807) is 0 Å². The highest BCUT2D eigenvalue weighted by Gasteiger charge is 2.12. The van der Waals surface area contributed by atoms with Gasteiger partial charge >= 0.3 is 0 Å². The van der Waals surface area contributed by atoms with Gasteiger partial charge in [-0.05, 0) is 28.8 Å². The van der Waals surface area contributed by atoms with Crippen LogP contribution in [0, 0.1) is 6.42 Å². The zero-order valence-corrected chi connectivity index (χ0v) is 8.04. The highest BCUT2D eigenvalue weighted by Crippen LogP contribution is 2.32. The molecular weight excluding hydrogens is 168 g/mol. The molecule has 2 aromatic rings. The lowest BCUT2D eigenvalue weighted by Gasteiger charge is -2.03. The molecular formula is C14H10. The molecule has 0 heterocycles. The van der Waals surface area contributed by atoms with E-state index in [0.717, 1.165) is 0 Å². The minimum Gasteiger partial charge on any atom is -0.0616 e. The topological polar surface area (TPSA) is 0 Å². The second kappa shape index (κ2) is 2.71. The molecule has 2 radical (unpaired) electrons. The lowest BCUT2D eigenvalue weighted by atomic mass is 10.0. The fourth-order valence-electron chi connectivity index (χ4n) is 2.03. The van der Waals surface area contributed by atoms with Crippen molar-refractivity contribution in [2.24, 2.45) is 0 Å². The molecule has 0 atom stereocenters. The molecule has 66 valence electrons. The van der Waals surface area contributed by atoms with E-state index in [1.165, 1.54) is 27.5 Å². The third-order valence-electron chi connectivity index (χ3n) is 2.66. The Bertz CT molecular complexity index is 533. The summed E-state index contributed by atoms with van der Waals surface area (Å²) < 4.78 is 0. The van der Waals surface area contributed by atoms with Crippen LogP contribution in [0.1, 0.15) is 18.1 Å². The largest absolute Gasteiger partial charge is 0.0616 e. The highest BCUT2D eigenvalue weighted by atomic mass is 14.2. The number of rotatable bonds is 0. The van der Waals surface area contributed by atoms with Crippen LogP contribution in [0.3, 0.4) is 0 Å². The summed E-state index contributed by atoms with van der Waals surface area (Å²) in [5.41, 5.74) is 3.76. The Balaban J connectivity index is 2.42. The molecule has 0 fully saturated rings. The van der Waals surface area contributed by atoms with E-state index in [-0.39, 0.29) is 0 Å². The van der Waals surface area contributed by atoms with Crippen LogP contribution in [0.4, 0.5) is 0 Å². The van der Waals surface area contributed by atoms with Crippen LogP contribution in [-0.4, -0.2) is 0 Å². The summed E-state index contributed by atoms with van der Waals surface area (Å²) in [4.78, 5) is 0. The Morgan fingerprint density at radius 2 is 1.86 bits per heavy atom. The van der Waals surface area contributed by atoms with Gasteiger partial charge in [0.1, 0.15) is 0 Å². The molecule has 0 saturated heterocycles. The number of hydrogen-bond acceptors (Lipinski definition) is 0. The molecule has 14 heavy (non-hydrogen) atoms. The van der Waals surface area contributed by atoms with Gasteiger partial charge in [0.05, 0.1) is 0 Å². The maximum absolute atomic E-state index is 3.35. The van der Waals surface area contributed by atoms with Crippen molar-refractivity contribution in [3.8, 4) is 0 Å². The average Bonchev–Trinajstić information content (AvgIpc) is 2.59. The quantitative estimate of drug-likeness (QED) is 0.577. The molecule has 0 amide bonds. The minimum absolute atomic E-state index is 1.22. The zero-order valence-electron chi connectivity index (χ0n) is 8.04. The molecule has 1 aliphatic carbocycles. The van der Waals surface area contributed by atoms with E-state index in [4.69, 9.17) is 0 Å². The van der Waals surface area contributed by atoms with Crippen LogP contribution in [0.25, 0.3) is 16.8 Å². The molecule has 0 nitrogen and oxygen atoms in total. The summed E-state index contributed by atoms with van der Waals surface area (Å²) in [5.74, 6) is 0. The zero-order chi connectivity index (χ0) is 9.54. The van der Waals surface area contributed by atoms with Crippen LogP contribution in [-0.2, 0) is 0 Å². The fraction of sp³-hybridized carbons (Fsp3) is 0.0714. The molecule has 0 aliphatic heterocycles. The van der Waals surface area contributed by atoms with E-state index in [1.807, 2.05) is 0 Å². The molecule has 0 saturated carbocycles. The highest BCUT2D eigenvalue weighted by molar-refractivity contribution is 5.95. The van der Waals surface area contributed by atoms with Crippen molar-refractivity contribution >= 4 is 16.8 Å². The summed E-state index contributed by atoms with van der Waals surface area (Å²) in [5, 5.41) is 2.63. The molecule has 0 unspecified atom stereocenters. The molecule has 3 rings (SSSR count). The first-order valence-electron chi connectivity index (χ1n) is 4.82. The third kappa shape index (κ3) is 1.00. The molecule has 0 aromatic heterocycles. The molecule has 0 spiro atoms. The second-order valence-corrected chi connectivity index (χ2v) is 3.70. The summed E-state index contributed by atoms with van der Waals surface area (Å²) in [7, 11) is 0. The van der Waals surface area contributed by atoms with Gasteiger partial charge in [0.25, 0.3) is 0 Å². The first-order valence-corrected chi connectivity index (χ1v) is 4.82. The Morgan fingerprint density at radius 1 is 1.00 bits per heavy atom. The van der Waals surface area contributed by atoms with Crippen LogP contribution in [0.5, 0.6) is 0 Å². The summed E-state index contributed by atoms with van der Waals surface area (Å²) >= 11 is 0. The number of hydrogen-bond donors (Lipinski definition) is 0. The van der Waals surface area contributed by atoms with Crippen LogP contribution in [0.2, 0.25) is 0 Å². The molecule has 0 bridgehead atoms. The number of allylic oxidation sites excluding steroid dienone is 1. The van der Waals surface area contributed by atoms with Gasteiger partial charge in [-0.3, -0.25) is 0 Å². The van der Waals surface area contributed by atoms with E-state index >= 15 is 0 Å². The van der Waals surface area contributed by atoms with E-state index in [9.17, 15) is 0 Å². The predicted octanol–water partition coefficient (Wildman–Crippen LogP) is 3.69. The number of benzene rings is 2. The smallest absolute Gasteiger partial charge is 0.0461 e. The molecule has 0 heteroatoms. The molecule has 1 aliphatic rings. The van der Waals surface area contributed by atoms with Crippen molar-refractivity contribution in [3.63, 3.8) is 0 Å². The summed E-state index contributed by atoms with van der Waals surface area (Å²) in [6.45, 7) is 2.09. The van der Waals surface area contributed by atoms with Crippen LogP contribution in [0.15, 0.2) is 42.0 Å². The maximum atomic E-state index is 3.35. The maximum Gasteiger partial charge on any atom is 0.0461 e. The summed E-state index contributed by atoms with van der Waals surface area (Å²) in [6, 6.07) is 12.8. The lowest BCUT2D eigenvalue weighted by molar-refractivity contribution is 1.46. The monoisotopic (exact) mass is 178 g/mol. The van der Waals surface area contributed by atoms with E-state index in [0.29, 0.717) is 0 Å². The van der Waals surface area contributed by atoms with Crippen LogP contribution < -0.4 is 0 Å². The van der Waals surface area contributed by atoms with Crippen molar-refractivity contribution in [1.29, 1.82) is 0 Å². The van der Waals surface area contributed by atoms with Crippen molar-refractivity contribution in [3.05, 3.63) is 59.5 Å². The SMILES string of the molecule is CC1=Cc2c(ccc3ccccc23)[C]1. The molecule has 0 N–H and O–H groups in total. The van der Waals surface area contributed by atoms with Gasteiger partial charge in [0, 0.05) is 6.42 Å². The average molecular weight is 178 g/mol. The molecule has 2 aromatic carbocycles. The van der Waals surface area contributed by atoms with Gasteiger partial charge < -0.3 is 0 Å².